The summed E-state index contributed by atoms with van der Waals surface area (Å²) in [4.78, 5) is 28.5. The van der Waals surface area contributed by atoms with Crippen molar-refractivity contribution in [2.75, 3.05) is 36.4 Å². The maximum absolute atomic E-state index is 12.4. The van der Waals surface area contributed by atoms with E-state index in [0.29, 0.717) is 18.8 Å². The molecule has 5 nitrogen and oxygen atoms in total. The van der Waals surface area contributed by atoms with Gasteiger partial charge in [0.15, 0.2) is 0 Å². The van der Waals surface area contributed by atoms with Gasteiger partial charge < -0.3 is 15.1 Å². The molecule has 3 rings (SSSR count). The third-order valence-corrected chi connectivity index (χ3v) is 4.52. The summed E-state index contributed by atoms with van der Waals surface area (Å²) in [5, 5.41) is 2.71. The van der Waals surface area contributed by atoms with Crippen molar-refractivity contribution in [3.63, 3.8) is 0 Å². The minimum Gasteiger partial charge on any atom is -0.368 e. The number of rotatable bonds is 2. The Labute approximate surface area is 148 Å². The van der Waals surface area contributed by atoms with Gasteiger partial charge in [-0.25, -0.2) is 0 Å². The molecule has 130 valence electrons. The number of anilines is 2. The molecule has 1 aliphatic rings. The SMILES string of the molecule is Cc1cccc(N2CCN(C(=O)C(=O)Nc3ccccc3C)CC2)c1. The van der Waals surface area contributed by atoms with Crippen molar-refractivity contribution in [3.05, 3.63) is 59.7 Å². The standard InChI is InChI=1S/C20H23N3O2/c1-15-6-5-8-17(14-15)22-10-12-23(13-11-22)20(25)19(24)21-18-9-4-3-7-16(18)2/h3-9,14H,10-13H2,1-2H3,(H,21,24). The second-order valence-electron chi connectivity index (χ2n) is 6.39. The number of para-hydroxylation sites is 1. The molecule has 25 heavy (non-hydrogen) atoms. The zero-order valence-corrected chi connectivity index (χ0v) is 14.7. The van der Waals surface area contributed by atoms with Crippen LogP contribution in [-0.2, 0) is 9.59 Å². The molecule has 1 N–H and O–H groups in total. The zero-order chi connectivity index (χ0) is 17.8. The third kappa shape index (κ3) is 3.99. The van der Waals surface area contributed by atoms with Crippen LogP contribution >= 0.6 is 0 Å². The first-order chi connectivity index (χ1) is 12.0. The molecular weight excluding hydrogens is 314 g/mol. The molecular formula is C20H23N3O2. The number of carbonyl (C=O) groups excluding carboxylic acids is 2. The maximum Gasteiger partial charge on any atom is 0.313 e. The van der Waals surface area contributed by atoms with Crippen LogP contribution in [0.3, 0.4) is 0 Å². The lowest BCUT2D eigenvalue weighted by atomic mass is 10.2. The van der Waals surface area contributed by atoms with E-state index >= 15 is 0 Å². The number of nitrogens with one attached hydrogen (secondary N) is 1. The highest BCUT2D eigenvalue weighted by atomic mass is 16.2. The minimum atomic E-state index is -0.571. The Morgan fingerprint density at radius 3 is 2.32 bits per heavy atom. The number of benzene rings is 2. The van der Waals surface area contributed by atoms with E-state index in [1.54, 1.807) is 11.0 Å². The number of hydrogen-bond donors (Lipinski definition) is 1. The summed E-state index contributed by atoms with van der Waals surface area (Å²) in [6, 6.07) is 15.8. The number of hydrogen-bond acceptors (Lipinski definition) is 3. The van der Waals surface area contributed by atoms with E-state index in [4.69, 9.17) is 0 Å². The maximum atomic E-state index is 12.4. The smallest absolute Gasteiger partial charge is 0.313 e. The average Bonchev–Trinajstić information content (AvgIpc) is 2.63. The molecule has 1 aliphatic heterocycles. The Morgan fingerprint density at radius 2 is 1.64 bits per heavy atom. The van der Waals surface area contributed by atoms with Gasteiger partial charge in [-0.05, 0) is 43.2 Å². The monoisotopic (exact) mass is 337 g/mol. The fourth-order valence-electron chi connectivity index (χ4n) is 3.02. The van der Waals surface area contributed by atoms with Gasteiger partial charge in [0, 0.05) is 37.6 Å². The number of carbonyl (C=O) groups is 2. The largest absolute Gasteiger partial charge is 0.368 e. The van der Waals surface area contributed by atoms with Crippen molar-refractivity contribution in [1.29, 1.82) is 0 Å². The highest BCUT2D eigenvalue weighted by molar-refractivity contribution is 6.39. The van der Waals surface area contributed by atoms with Gasteiger partial charge in [0.25, 0.3) is 0 Å². The fraction of sp³-hybridized carbons (Fsp3) is 0.300. The molecule has 0 saturated carbocycles. The molecule has 1 heterocycles. The highest BCUT2D eigenvalue weighted by Gasteiger charge is 2.26. The van der Waals surface area contributed by atoms with Gasteiger partial charge >= 0.3 is 11.8 Å². The number of nitrogens with zero attached hydrogens (tertiary/aromatic N) is 2. The molecule has 1 saturated heterocycles. The molecule has 2 amide bonds. The van der Waals surface area contributed by atoms with E-state index in [2.05, 4.69) is 35.3 Å². The summed E-state index contributed by atoms with van der Waals surface area (Å²) in [6.07, 6.45) is 0. The summed E-state index contributed by atoms with van der Waals surface area (Å²) < 4.78 is 0. The second kappa shape index (κ2) is 7.38. The van der Waals surface area contributed by atoms with Crippen LogP contribution in [0.1, 0.15) is 11.1 Å². The zero-order valence-electron chi connectivity index (χ0n) is 14.7. The molecule has 0 aromatic heterocycles. The molecule has 2 aromatic carbocycles. The van der Waals surface area contributed by atoms with Crippen molar-refractivity contribution < 1.29 is 9.59 Å². The van der Waals surface area contributed by atoms with Crippen LogP contribution in [0.15, 0.2) is 48.5 Å². The fourth-order valence-corrected chi connectivity index (χ4v) is 3.02. The second-order valence-corrected chi connectivity index (χ2v) is 6.39. The average molecular weight is 337 g/mol. The van der Waals surface area contributed by atoms with Crippen LogP contribution in [0, 0.1) is 13.8 Å². The molecule has 0 unspecified atom stereocenters. The molecule has 0 atom stereocenters. The normalized spacial score (nSPS) is 14.3. The van der Waals surface area contributed by atoms with Gasteiger partial charge in [0.2, 0.25) is 0 Å². The summed E-state index contributed by atoms with van der Waals surface area (Å²) in [5.74, 6) is -1.04. The molecule has 0 radical (unpaired) electrons. The van der Waals surface area contributed by atoms with Crippen LogP contribution in [0.2, 0.25) is 0 Å². The van der Waals surface area contributed by atoms with Gasteiger partial charge in [-0.1, -0.05) is 30.3 Å². The van der Waals surface area contributed by atoms with Crippen molar-refractivity contribution in [2.24, 2.45) is 0 Å². The molecule has 1 fully saturated rings. The Hall–Kier alpha value is -2.82. The van der Waals surface area contributed by atoms with Crippen LogP contribution in [0.4, 0.5) is 11.4 Å². The van der Waals surface area contributed by atoms with E-state index in [1.807, 2.05) is 31.2 Å². The summed E-state index contributed by atoms with van der Waals surface area (Å²) >= 11 is 0. The van der Waals surface area contributed by atoms with Gasteiger partial charge in [-0.15, -0.1) is 0 Å². The van der Waals surface area contributed by atoms with E-state index < -0.39 is 11.8 Å². The van der Waals surface area contributed by atoms with Crippen molar-refractivity contribution in [3.8, 4) is 0 Å². The summed E-state index contributed by atoms with van der Waals surface area (Å²) in [5.41, 5.74) is 4.00. The minimum absolute atomic E-state index is 0.466. The number of piperazine rings is 1. The first-order valence-corrected chi connectivity index (χ1v) is 8.52. The van der Waals surface area contributed by atoms with Crippen molar-refractivity contribution >= 4 is 23.2 Å². The Kier molecular flexibility index (Phi) is 5.03. The van der Waals surface area contributed by atoms with E-state index in [0.717, 1.165) is 24.3 Å². The Bertz CT molecular complexity index is 780. The lowest BCUT2D eigenvalue weighted by Crippen LogP contribution is -2.51. The number of amides is 2. The third-order valence-electron chi connectivity index (χ3n) is 4.52. The van der Waals surface area contributed by atoms with Gasteiger partial charge in [-0.2, -0.15) is 0 Å². The van der Waals surface area contributed by atoms with E-state index in [9.17, 15) is 9.59 Å². The first kappa shape index (κ1) is 17.0. The predicted molar refractivity (Wildman–Crippen MR) is 99.8 cm³/mol. The molecule has 5 heteroatoms. The summed E-state index contributed by atoms with van der Waals surface area (Å²) in [6.45, 7) is 6.53. The Morgan fingerprint density at radius 1 is 0.920 bits per heavy atom. The summed E-state index contributed by atoms with van der Waals surface area (Å²) in [7, 11) is 0. The quantitative estimate of drug-likeness (QED) is 0.857. The van der Waals surface area contributed by atoms with Gasteiger partial charge in [-0.3, -0.25) is 9.59 Å². The van der Waals surface area contributed by atoms with Crippen LogP contribution in [-0.4, -0.2) is 42.9 Å². The molecule has 0 aliphatic carbocycles. The topological polar surface area (TPSA) is 52.7 Å². The van der Waals surface area contributed by atoms with Crippen molar-refractivity contribution in [2.45, 2.75) is 13.8 Å². The highest BCUT2D eigenvalue weighted by Crippen LogP contribution is 2.18. The lowest BCUT2D eigenvalue weighted by molar-refractivity contribution is -0.143. The van der Waals surface area contributed by atoms with E-state index in [-0.39, 0.29) is 0 Å². The van der Waals surface area contributed by atoms with Crippen LogP contribution in [0.25, 0.3) is 0 Å². The molecule has 0 spiro atoms. The Balaban J connectivity index is 1.58. The predicted octanol–water partition coefficient (Wildman–Crippen LogP) is 2.59. The molecule has 2 aromatic rings. The van der Waals surface area contributed by atoms with Gasteiger partial charge in [0.05, 0.1) is 0 Å². The number of aryl methyl sites for hydroxylation is 2. The molecule has 0 bridgehead atoms. The van der Waals surface area contributed by atoms with Crippen LogP contribution < -0.4 is 10.2 Å². The lowest BCUT2D eigenvalue weighted by Gasteiger charge is -2.35. The van der Waals surface area contributed by atoms with E-state index in [1.165, 1.54) is 5.56 Å². The van der Waals surface area contributed by atoms with Crippen LogP contribution in [0.5, 0.6) is 0 Å². The van der Waals surface area contributed by atoms with Crippen molar-refractivity contribution in [1.82, 2.24) is 4.90 Å². The van der Waals surface area contributed by atoms with Gasteiger partial charge in [0.1, 0.15) is 0 Å². The first-order valence-electron chi connectivity index (χ1n) is 8.52.